The third-order valence-electron chi connectivity index (χ3n) is 2.73. The summed E-state index contributed by atoms with van der Waals surface area (Å²) in [7, 11) is 0. The average molecular weight is 365 g/mol. The van der Waals surface area contributed by atoms with Crippen molar-refractivity contribution in [2.75, 3.05) is 13.1 Å². The van der Waals surface area contributed by atoms with E-state index in [0.717, 1.165) is 18.7 Å². The molecule has 1 aromatic rings. The number of hydrogen-bond acceptors (Lipinski definition) is 1. The number of benzene rings is 1. The lowest BCUT2D eigenvalue weighted by atomic mass is 10.1. The summed E-state index contributed by atoms with van der Waals surface area (Å²) in [6.45, 7) is 7.99. The van der Waals surface area contributed by atoms with Gasteiger partial charge in [-0.25, -0.2) is 9.38 Å². The maximum atomic E-state index is 13.1. The molecule has 0 bridgehead atoms. The molecule has 5 heteroatoms. The highest BCUT2D eigenvalue weighted by Gasteiger charge is 2.02. The Balaban J connectivity index is 0.00000289. The minimum Gasteiger partial charge on any atom is -0.370 e. The second kappa shape index (κ2) is 8.29. The molecule has 0 radical (unpaired) electrons. The molecular formula is C13H21FIN3. The quantitative estimate of drug-likeness (QED) is 0.507. The second-order valence-corrected chi connectivity index (χ2v) is 3.93. The van der Waals surface area contributed by atoms with Crippen molar-refractivity contribution in [1.29, 1.82) is 0 Å². The molecule has 0 aliphatic rings. The maximum Gasteiger partial charge on any atom is 0.191 e. The predicted octanol–water partition coefficient (Wildman–Crippen LogP) is 2.91. The summed E-state index contributed by atoms with van der Waals surface area (Å²) in [5, 5.41) is 0. The summed E-state index contributed by atoms with van der Waals surface area (Å²) >= 11 is 0. The zero-order chi connectivity index (χ0) is 12.8. The number of halogens is 2. The van der Waals surface area contributed by atoms with Crippen LogP contribution < -0.4 is 5.73 Å². The zero-order valence-corrected chi connectivity index (χ0v) is 13.4. The summed E-state index contributed by atoms with van der Waals surface area (Å²) in [5.74, 6) is 0.353. The van der Waals surface area contributed by atoms with Crippen molar-refractivity contribution >= 4 is 29.9 Å². The van der Waals surface area contributed by atoms with Crippen molar-refractivity contribution in [2.45, 2.75) is 27.3 Å². The largest absolute Gasteiger partial charge is 0.370 e. The number of rotatable bonds is 4. The van der Waals surface area contributed by atoms with Crippen molar-refractivity contribution in [3.05, 3.63) is 35.1 Å². The van der Waals surface area contributed by atoms with E-state index in [1.54, 1.807) is 19.1 Å². The van der Waals surface area contributed by atoms with Crippen LogP contribution in [0.3, 0.4) is 0 Å². The molecule has 2 N–H and O–H groups in total. The number of hydrogen-bond donors (Lipinski definition) is 1. The summed E-state index contributed by atoms with van der Waals surface area (Å²) in [4.78, 5) is 6.29. The predicted molar refractivity (Wildman–Crippen MR) is 84.8 cm³/mol. The Labute approximate surface area is 125 Å². The molecule has 18 heavy (non-hydrogen) atoms. The van der Waals surface area contributed by atoms with Gasteiger partial charge >= 0.3 is 0 Å². The molecule has 1 aromatic carbocycles. The van der Waals surface area contributed by atoms with Gasteiger partial charge in [0.2, 0.25) is 0 Å². The summed E-state index contributed by atoms with van der Waals surface area (Å²) in [6.07, 6.45) is 0. The van der Waals surface area contributed by atoms with Gasteiger partial charge in [-0.15, -0.1) is 24.0 Å². The molecular weight excluding hydrogens is 344 g/mol. The van der Waals surface area contributed by atoms with Gasteiger partial charge in [-0.3, -0.25) is 0 Å². The molecule has 0 aliphatic heterocycles. The minimum absolute atomic E-state index is 0. The molecule has 0 aromatic heterocycles. The van der Waals surface area contributed by atoms with E-state index >= 15 is 0 Å². The minimum atomic E-state index is -0.186. The monoisotopic (exact) mass is 365 g/mol. The van der Waals surface area contributed by atoms with Crippen molar-refractivity contribution in [3.8, 4) is 0 Å². The van der Waals surface area contributed by atoms with E-state index in [1.165, 1.54) is 6.07 Å². The first-order valence-electron chi connectivity index (χ1n) is 5.88. The van der Waals surface area contributed by atoms with Crippen LogP contribution >= 0.6 is 24.0 Å². The van der Waals surface area contributed by atoms with Crippen LogP contribution in [0.5, 0.6) is 0 Å². The van der Waals surface area contributed by atoms with E-state index in [-0.39, 0.29) is 29.8 Å². The molecule has 0 atom stereocenters. The highest BCUT2D eigenvalue weighted by atomic mass is 127. The Morgan fingerprint density at radius 3 is 2.44 bits per heavy atom. The molecule has 0 spiro atoms. The fraction of sp³-hybridized carbons (Fsp3) is 0.462. The van der Waals surface area contributed by atoms with Crippen LogP contribution in [0.4, 0.5) is 4.39 Å². The normalized spacial score (nSPS) is 11.0. The van der Waals surface area contributed by atoms with Crippen LogP contribution in [0.1, 0.15) is 25.0 Å². The lowest BCUT2D eigenvalue weighted by Gasteiger charge is -2.19. The Morgan fingerprint density at radius 2 is 1.94 bits per heavy atom. The van der Waals surface area contributed by atoms with Gasteiger partial charge in [-0.2, -0.15) is 0 Å². The standard InChI is InChI=1S/C13H20FN3.HI/c1-4-17(5-2)13(15)16-9-11-6-7-12(14)10(3)8-11;/h6-8H,4-5,9H2,1-3H3,(H2,15,16);1H. The Bertz CT molecular complexity index is 403. The first-order chi connectivity index (χ1) is 8.08. The highest BCUT2D eigenvalue weighted by molar-refractivity contribution is 14.0. The van der Waals surface area contributed by atoms with Gasteiger partial charge < -0.3 is 10.6 Å². The van der Waals surface area contributed by atoms with Gasteiger partial charge in [0, 0.05) is 13.1 Å². The van der Waals surface area contributed by atoms with Crippen LogP contribution in [0.25, 0.3) is 0 Å². The van der Waals surface area contributed by atoms with Crippen LogP contribution in [-0.4, -0.2) is 23.9 Å². The second-order valence-electron chi connectivity index (χ2n) is 3.93. The van der Waals surface area contributed by atoms with E-state index in [1.807, 2.05) is 18.7 Å². The number of nitrogens with two attached hydrogens (primary N) is 1. The smallest absolute Gasteiger partial charge is 0.191 e. The van der Waals surface area contributed by atoms with Crippen LogP contribution in [0.2, 0.25) is 0 Å². The van der Waals surface area contributed by atoms with Crippen LogP contribution in [0, 0.1) is 12.7 Å². The molecule has 0 fully saturated rings. The van der Waals surface area contributed by atoms with E-state index in [0.29, 0.717) is 18.1 Å². The summed E-state index contributed by atoms with van der Waals surface area (Å²) in [6, 6.07) is 5.00. The molecule has 0 unspecified atom stereocenters. The molecule has 0 aliphatic carbocycles. The van der Waals surface area contributed by atoms with Crippen LogP contribution in [-0.2, 0) is 6.54 Å². The molecule has 3 nitrogen and oxygen atoms in total. The molecule has 102 valence electrons. The van der Waals surface area contributed by atoms with E-state index in [9.17, 15) is 4.39 Å². The lowest BCUT2D eigenvalue weighted by Crippen LogP contribution is -2.37. The van der Waals surface area contributed by atoms with E-state index < -0.39 is 0 Å². The molecule has 0 saturated carbocycles. The van der Waals surface area contributed by atoms with Gasteiger partial charge in [0.05, 0.1) is 6.54 Å². The topological polar surface area (TPSA) is 41.6 Å². The third kappa shape index (κ3) is 4.80. The Morgan fingerprint density at radius 1 is 1.33 bits per heavy atom. The lowest BCUT2D eigenvalue weighted by molar-refractivity contribution is 0.458. The van der Waals surface area contributed by atoms with E-state index in [4.69, 9.17) is 5.73 Å². The van der Waals surface area contributed by atoms with Crippen LogP contribution in [0.15, 0.2) is 23.2 Å². The first-order valence-corrected chi connectivity index (χ1v) is 5.88. The average Bonchev–Trinajstić information content (AvgIpc) is 2.32. The van der Waals surface area contributed by atoms with Gasteiger partial charge in [0.25, 0.3) is 0 Å². The Hall–Kier alpha value is -0.850. The molecule has 0 amide bonds. The molecule has 1 rings (SSSR count). The fourth-order valence-electron chi connectivity index (χ4n) is 1.63. The van der Waals surface area contributed by atoms with Gasteiger partial charge in [-0.1, -0.05) is 12.1 Å². The summed E-state index contributed by atoms with van der Waals surface area (Å²) in [5.41, 5.74) is 7.47. The number of nitrogens with zero attached hydrogens (tertiary/aromatic N) is 2. The number of aliphatic imine (C=N–C) groups is 1. The van der Waals surface area contributed by atoms with Gasteiger partial charge in [0.15, 0.2) is 5.96 Å². The van der Waals surface area contributed by atoms with Gasteiger partial charge in [-0.05, 0) is 38.0 Å². The van der Waals surface area contributed by atoms with E-state index in [2.05, 4.69) is 4.99 Å². The maximum absolute atomic E-state index is 13.1. The molecule has 0 saturated heterocycles. The number of aryl methyl sites for hydroxylation is 1. The van der Waals surface area contributed by atoms with Crippen molar-refractivity contribution in [1.82, 2.24) is 4.90 Å². The van der Waals surface area contributed by atoms with Crippen molar-refractivity contribution in [2.24, 2.45) is 10.7 Å². The van der Waals surface area contributed by atoms with Crippen molar-refractivity contribution in [3.63, 3.8) is 0 Å². The highest BCUT2D eigenvalue weighted by Crippen LogP contribution is 2.10. The van der Waals surface area contributed by atoms with Gasteiger partial charge in [0.1, 0.15) is 5.82 Å². The fourth-order valence-corrected chi connectivity index (χ4v) is 1.63. The Kier molecular flexibility index (Phi) is 7.90. The SMILES string of the molecule is CCN(CC)C(N)=NCc1ccc(F)c(C)c1.I. The number of guanidine groups is 1. The zero-order valence-electron chi connectivity index (χ0n) is 11.1. The summed E-state index contributed by atoms with van der Waals surface area (Å²) < 4.78 is 13.1. The molecule has 0 heterocycles. The third-order valence-corrected chi connectivity index (χ3v) is 2.73. The first kappa shape index (κ1) is 17.2. The van der Waals surface area contributed by atoms with Crippen molar-refractivity contribution < 1.29 is 4.39 Å².